The van der Waals surface area contributed by atoms with Gasteiger partial charge in [0.15, 0.2) is 0 Å². The van der Waals surface area contributed by atoms with Crippen LogP contribution >= 0.6 is 31.9 Å². The predicted octanol–water partition coefficient (Wildman–Crippen LogP) is 2.63. The fourth-order valence-corrected chi connectivity index (χ4v) is 1.70. The van der Waals surface area contributed by atoms with Gasteiger partial charge >= 0.3 is 0 Å². The highest BCUT2D eigenvalue weighted by molar-refractivity contribution is 9.11. The Bertz CT molecular complexity index is 261. The van der Waals surface area contributed by atoms with Crippen LogP contribution in [0.25, 0.3) is 0 Å². The highest BCUT2D eigenvalue weighted by Crippen LogP contribution is 2.23. The van der Waals surface area contributed by atoms with E-state index in [1.807, 2.05) is 13.0 Å². The molecule has 0 spiro atoms. The second kappa shape index (κ2) is 3.65. The molecule has 0 aliphatic rings. The van der Waals surface area contributed by atoms with E-state index in [2.05, 4.69) is 36.8 Å². The molecule has 2 N–H and O–H groups in total. The van der Waals surface area contributed by atoms with Gasteiger partial charge in [-0.2, -0.15) is 0 Å². The van der Waals surface area contributed by atoms with E-state index < -0.39 is 0 Å². The van der Waals surface area contributed by atoms with Gasteiger partial charge < -0.3 is 5.73 Å². The van der Waals surface area contributed by atoms with E-state index in [0.29, 0.717) is 0 Å². The zero-order valence-electron chi connectivity index (χ0n) is 6.01. The van der Waals surface area contributed by atoms with Crippen LogP contribution in [-0.4, -0.2) is 4.98 Å². The molecule has 60 valence electrons. The Morgan fingerprint density at radius 1 is 1.55 bits per heavy atom. The minimum absolute atomic E-state index is 0.0312. The maximum atomic E-state index is 5.70. The first-order valence-electron chi connectivity index (χ1n) is 3.18. The lowest BCUT2D eigenvalue weighted by Crippen LogP contribution is -2.05. The summed E-state index contributed by atoms with van der Waals surface area (Å²) in [5, 5.41) is 0. The van der Waals surface area contributed by atoms with Crippen LogP contribution in [0.4, 0.5) is 0 Å². The van der Waals surface area contributed by atoms with Gasteiger partial charge in [-0.3, -0.25) is 0 Å². The van der Waals surface area contributed by atoms with E-state index in [9.17, 15) is 0 Å². The summed E-state index contributed by atoms with van der Waals surface area (Å²) in [6.45, 7) is 1.94. The van der Waals surface area contributed by atoms with Crippen molar-refractivity contribution >= 4 is 31.9 Å². The van der Waals surface area contributed by atoms with Crippen LogP contribution in [-0.2, 0) is 0 Å². The number of nitrogens with two attached hydrogens (primary N) is 1. The lowest BCUT2D eigenvalue weighted by Gasteiger charge is -2.07. The van der Waals surface area contributed by atoms with Crippen molar-refractivity contribution in [2.24, 2.45) is 5.73 Å². The topological polar surface area (TPSA) is 38.9 Å². The first-order valence-corrected chi connectivity index (χ1v) is 4.76. The van der Waals surface area contributed by atoms with Crippen molar-refractivity contribution in [1.82, 2.24) is 4.98 Å². The molecule has 2 nitrogen and oxygen atoms in total. The van der Waals surface area contributed by atoms with Crippen molar-refractivity contribution in [3.05, 3.63) is 26.9 Å². The van der Waals surface area contributed by atoms with Crippen molar-refractivity contribution in [2.45, 2.75) is 13.0 Å². The average molecular weight is 280 g/mol. The summed E-state index contributed by atoms with van der Waals surface area (Å²) in [5.41, 5.74) is 6.77. The minimum atomic E-state index is 0.0312. The Labute approximate surface area is 82.5 Å². The number of aromatic nitrogens is 1. The summed E-state index contributed by atoms with van der Waals surface area (Å²) < 4.78 is 1.77. The largest absolute Gasteiger partial charge is 0.324 e. The molecule has 0 amide bonds. The summed E-state index contributed by atoms with van der Waals surface area (Å²) in [6, 6.07) is 1.94. The minimum Gasteiger partial charge on any atom is -0.324 e. The number of halogens is 2. The van der Waals surface area contributed by atoms with Crippen molar-refractivity contribution in [2.75, 3.05) is 0 Å². The van der Waals surface area contributed by atoms with Gasteiger partial charge in [-0.25, -0.2) is 4.98 Å². The second-order valence-electron chi connectivity index (χ2n) is 2.32. The average Bonchev–Trinajstić information content (AvgIpc) is 1.94. The zero-order chi connectivity index (χ0) is 8.43. The molecule has 0 bridgehead atoms. The summed E-state index contributed by atoms with van der Waals surface area (Å²) >= 11 is 6.64. The molecule has 4 heteroatoms. The first kappa shape index (κ1) is 9.16. The molecule has 0 aliphatic carbocycles. The van der Waals surface area contributed by atoms with E-state index in [0.717, 1.165) is 14.6 Å². The summed E-state index contributed by atoms with van der Waals surface area (Å²) in [4.78, 5) is 4.04. The summed E-state index contributed by atoms with van der Waals surface area (Å²) in [7, 11) is 0. The Balaban J connectivity index is 3.13. The Hall–Kier alpha value is 0.0700. The predicted molar refractivity (Wildman–Crippen MR) is 52.2 cm³/mol. The Morgan fingerprint density at radius 2 is 2.18 bits per heavy atom. The normalized spacial score (nSPS) is 13.1. The van der Waals surface area contributed by atoms with E-state index in [1.165, 1.54) is 0 Å². The van der Waals surface area contributed by atoms with Crippen molar-refractivity contribution in [1.29, 1.82) is 0 Å². The highest BCUT2D eigenvalue weighted by Gasteiger charge is 2.04. The number of hydrogen-bond donors (Lipinski definition) is 1. The lowest BCUT2D eigenvalue weighted by molar-refractivity contribution is 0.808. The van der Waals surface area contributed by atoms with E-state index in [-0.39, 0.29) is 6.04 Å². The van der Waals surface area contributed by atoms with E-state index >= 15 is 0 Å². The maximum Gasteiger partial charge on any atom is 0.106 e. The molecule has 1 aromatic heterocycles. The van der Waals surface area contributed by atoms with Crippen LogP contribution < -0.4 is 5.73 Å². The molecular formula is C7H8Br2N2. The van der Waals surface area contributed by atoms with Crippen LogP contribution in [0.2, 0.25) is 0 Å². The van der Waals surface area contributed by atoms with Crippen LogP contribution in [0, 0.1) is 0 Å². The van der Waals surface area contributed by atoms with Crippen LogP contribution in [0.1, 0.15) is 18.5 Å². The second-order valence-corrected chi connectivity index (χ2v) is 3.98. The van der Waals surface area contributed by atoms with Gasteiger partial charge in [0.1, 0.15) is 4.60 Å². The molecule has 0 aromatic carbocycles. The van der Waals surface area contributed by atoms with Crippen molar-refractivity contribution < 1.29 is 0 Å². The van der Waals surface area contributed by atoms with Gasteiger partial charge in [-0.05, 0) is 50.4 Å². The standard InChI is InChI=1S/C7H8Br2N2/c1-4(10)5-2-7(9)11-3-6(5)8/h2-4H,10H2,1H3/t4-/m0/s1. The number of rotatable bonds is 1. The third-order valence-electron chi connectivity index (χ3n) is 1.34. The SMILES string of the molecule is C[C@H](N)c1cc(Br)ncc1Br. The van der Waals surface area contributed by atoms with Gasteiger partial charge in [0, 0.05) is 16.7 Å². The third-order valence-corrected chi connectivity index (χ3v) is 2.44. The van der Waals surface area contributed by atoms with Crippen LogP contribution in [0.3, 0.4) is 0 Å². The number of hydrogen-bond acceptors (Lipinski definition) is 2. The molecule has 0 unspecified atom stereocenters. The smallest absolute Gasteiger partial charge is 0.106 e. The third kappa shape index (κ3) is 2.25. The van der Waals surface area contributed by atoms with Crippen molar-refractivity contribution in [3.63, 3.8) is 0 Å². The number of nitrogens with zero attached hydrogens (tertiary/aromatic N) is 1. The molecule has 1 rings (SSSR count). The molecule has 0 aliphatic heterocycles. The molecule has 0 fully saturated rings. The van der Waals surface area contributed by atoms with Crippen LogP contribution in [0.5, 0.6) is 0 Å². The Kier molecular flexibility index (Phi) is 3.04. The van der Waals surface area contributed by atoms with E-state index in [1.54, 1.807) is 6.20 Å². The number of pyridine rings is 1. The lowest BCUT2D eigenvalue weighted by atomic mass is 10.1. The van der Waals surface area contributed by atoms with Crippen molar-refractivity contribution in [3.8, 4) is 0 Å². The first-order chi connectivity index (χ1) is 5.11. The van der Waals surface area contributed by atoms with E-state index in [4.69, 9.17) is 5.73 Å². The summed E-state index contributed by atoms with van der Waals surface area (Å²) in [5.74, 6) is 0. The molecule has 1 atom stereocenters. The monoisotopic (exact) mass is 278 g/mol. The zero-order valence-corrected chi connectivity index (χ0v) is 9.18. The molecule has 1 heterocycles. The fraction of sp³-hybridized carbons (Fsp3) is 0.286. The molecule has 1 aromatic rings. The summed E-state index contributed by atoms with van der Waals surface area (Å²) in [6.07, 6.45) is 1.74. The Morgan fingerprint density at radius 3 is 2.64 bits per heavy atom. The van der Waals surface area contributed by atoms with Gasteiger partial charge in [0.05, 0.1) is 0 Å². The maximum absolute atomic E-state index is 5.70. The van der Waals surface area contributed by atoms with Gasteiger partial charge in [-0.15, -0.1) is 0 Å². The van der Waals surface area contributed by atoms with Gasteiger partial charge in [0.25, 0.3) is 0 Å². The fourth-order valence-electron chi connectivity index (χ4n) is 0.776. The molecule has 11 heavy (non-hydrogen) atoms. The molecular weight excluding hydrogens is 272 g/mol. The van der Waals surface area contributed by atoms with Crippen LogP contribution in [0.15, 0.2) is 21.3 Å². The quantitative estimate of drug-likeness (QED) is 0.803. The molecule has 0 radical (unpaired) electrons. The van der Waals surface area contributed by atoms with Gasteiger partial charge in [0.2, 0.25) is 0 Å². The molecule has 0 saturated heterocycles. The highest BCUT2D eigenvalue weighted by atomic mass is 79.9. The molecule has 0 saturated carbocycles. The van der Waals surface area contributed by atoms with Gasteiger partial charge in [-0.1, -0.05) is 0 Å².